The molecule has 9 unspecified atom stereocenters. The monoisotopic (exact) mass is 444 g/mol. The quantitative estimate of drug-likeness (QED) is 0.454. The Labute approximate surface area is 196 Å². The third-order valence-electron chi connectivity index (χ3n) is 11.2. The maximum atomic E-state index is 10.6. The molecule has 9 atom stereocenters. The van der Waals surface area contributed by atoms with Crippen LogP contribution in [0.5, 0.6) is 0 Å². The molecule has 4 aliphatic rings. The lowest BCUT2D eigenvalue weighted by molar-refractivity contribution is -0.0572. The summed E-state index contributed by atoms with van der Waals surface area (Å²) in [4.78, 5) is 0. The van der Waals surface area contributed by atoms with Crippen LogP contribution in [0, 0.1) is 40.4 Å². The van der Waals surface area contributed by atoms with Crippen LogP contribution in [0.1, 0.15) is 99.3 Å². The Morgan fingerprint density at radius 2 is 1.78 bits per heavy atom. The number of allylic oxidation sites excluding steroid dienone is 3. The zero-order valence-electron chi connectivity index (χ0n) is 21.5. The van der Waals surface area contributed by atoms with Crippen LogP contribution in [-0.4, -0.2) is 33.6 Å². The van der Waals surface area contributed by atoms with E-state index < -0.39 is 5.60 Å². The van der Waals surface area contributed by atoms with Gasteiger partial charge in [0.15, 0.2) is 0 Å². The lowest BCUT2D eigenvalue weighted by Gasteiger charge is -2.57. The smallest absolute Gasteiger partial charge is 0.0877 e. The first-order valence-corrected chi connectivity index (χ1v) is 13.3. The maximum Gasteiger partial charge on any atom is 0.0877 e. The van der Waals surface area contributed by atoms with E-state index in [1.54, 1.807) is 23.6 Å². The highest BCUT2D eigenvalue weighted by Gasteiger charge is 2.57. The number of aliphatic hydroxyl groups is 3. The van der Waals surface area contributed by atoms with Gasteiger partial charge in [-0.25, -0.2) is 0 Å². The van der Waals surface area contributed by atoms with Gasteiger partial charge in [-0.1, -0.05) is 50.5 Å². The Morgan fingerprint density at radius 3 is 2.47 bits per heavy atom. The summed E-state index contributed by atoms with van der Waals surface area (Å²) in [5, 5.41) is 30.4. The van der Waals surface area contributed by atoms with Crippen molar-refractivity contribution < 1.29 is 15.3 Å². The van der Waals surface area contributed by atoms with Gasteiger partial charge < -0.3 is 15.3 Å². The Morgan fingerprint density at radius 1 is 1.12 bits per heavy atom. The summed E-state index contributed by atoms with van der Waals surface area (Å²) in [5.41, 5.74) is 4.43. The van der Waals surface area contributed by atoms with Gasteiger partial charge in [-0.05, 0) is 112 Å². The highest BCUT2D eigenvalue weighted by Crippen LogP contribution is 2.66. The molecule has 0 radical (unpaired) electrons. The molecule has 3 fully saturated rings. The van der Waals surface area contributed by atoms with E-state index >= 15 is 0 Å². The van der Waals surface area contributed by atoms with Crippen LogP contribution in [0.3, 0.4) is 0 Å². The van der Waals surface area contributed by atoms with E-state index in [9.17, 15) is 15.3 Å². The summed E-state index contributed by atoms with van der Waals surface area (Å²) in [6.45, 7) is 13.3. The molecule has 3 saturated carbocycles. The molecule has 0 amide bonds. The van der Waals surface area contributed by atoms with Gasteiger partial charge in [0, 0.05) is 0 Å². The Kier molecular flexibility index (Phi) is 6.53. The minimum Gasteiger partial charge on any atom is -0.393 e. The second-order valence-electron chi connectivity index (χ2n) is 12.9. The minimum atomic E-state index is -1.01. The van der Waals surface area contributed by atoms with Crippen molar-refractivity contribution in [1.82, 2.24) is 0 Å². The van der Waals surface area contributed by atoms with Crippen molar-refractivity contribution in [2.45, 2.75) is 111 Å². The predicted molar refractivity (Wildman–Crippen MR) is 131 cm³/mol. The summed E-state index contributed by atoms with van der Waals surface area (Å²) < 4.78 is 0. The summed E-state index contributed by atoms with van der Waals surface area (Å²) in [7, 11) is 0. The van der Waals surface area contributed by atoms with Gasteiger partial charge in [0.05, 0.1) is 18.3 Å². The van der Waals surface area contributed by atoms with Gasteiger partial charge in [0.2, 0.25) is 0 Å². The predicted octanol–water partition coefficient (Wildman–Crippen LogP) is 6.03. The minimum absolute atomic E-state index is 0.0623. The largest absolute Gasteiger partial charge is 0.393 e. The Hall–Kier alpha value is -0.640. The third-order valence-corrected chi connectivity index (χ3v) is 11.2. The van der Waals surface area contributed by atoms with Crippen LogP contribution in [0.15, 0.2) is 22.8 Å². The average Bonchev–Trinajstić information content (AvgIpc) is 3.10. The number of fused-ring (bicyclic) bond motifs is 5. The molecule has 3 heteroatoms. The molecule has 0 aromatic heterocycles. The van der Waals surface area contributed by atoms with Gasteiger partial charge in [0.25, 0.3) is 0 Å². The summed E-state index contributed by atoms with van der Waals surface area (Å²) in [6.07, 6.45) is 12.8. The normalized spacial score (nSPS) is 44.5. The molecule has 32 heavy (non-hydrogen) atoms. The lowest BCUT2D eigenvalue weighted by atomic mass is 9.47. The molecule has 4 aliphatic carbocycles. The standard InChI is InChI=1S/C29H48O3/c1-18(20(3)29(6,32)17-30)15-19(2)24-9-10-25-23-8-7-21-16-22(31)11-13-27(21,4)26(23)12-14-28(24,25)5/h7,18,20,22-23,25-26,30-32H,8-17H2,1-6H3. The van der Waals surface area contributed by atoms with Crippen molar-refractivity contribution in [1.29, 1.82) is 0 Å². The van der Waals surface area contributed by atoms with Crippen molar-refractivity contribution in [3.8, 4) is 0 Å². The highest BCUT2D eigenvalue weighted by molar-refractivity contribution is 5.31. The number of hydrogen-bond acceptors (Lipinski definition) is 3. The van der Waals surface area contributed by atoms with Crippen LogP contribution in [-0.2, 0) is 0 Å². The van der Waals surface area contributed by atoms with Crippen molar-refractivity contribution in [3.63, 3.8) is 0 Å². The summed E-state index contributed by atoms with van der Waals surface area (Å²) in [5.74, 6) is 2.76. The van der Waals surface area contributed by atoms with Crippen molar-refractivity contribution >= 4 is 0 Å². The molecule has 0 aromatic rings. The molecule has 0 aliphatic heterocycles. The maximum absolute atomic E-state index is 10.6. The zero-order chi connectivity index (χ0) is 23.5. The molecule has 0 saturated heterocycles. The van der Waals surface area contributed by atoms with Gasteiger partial charge in [-0.15, -0.1) is 0 Å². The Balaban J connectivity index is 1.55. The van der Waals surface area contributed by atoms with Gasteiger partial charge in [0.1, 0.15) is 0 Å². The zero-order valence-corrected chi connectivity index (χ0v) is 21.5. The summed E-state index contributed by atoms with van der Waals surface area (Å²) >= 11 is 0. The first kappa shape index (κ1) is 24.5. The number of hydrogen-bond donors (Lipinski definition) is 3. The van der Waals surface area contributed by atoms with Crippen LogP contribution in [0.2, 0.25) is 0 Å². The molecular weight excluding hydrogens is 396 g/mol. The SMILES string of the molecule is CC(CC(C)C(C)C(C)(O)CO)=C1CCC2C3CC=C4CC(O)CCC4(C)C3CCC12C. The van der Waals surface area contributed by atoms with E-state index in [1.807, 2.05) is 0 Å². The van der Waals surface area contributed by atoms with Crippen LogP contribution >= 0.6 is 0 Å². The topological polar surface area (TPSA) is 60.7 Å². The van der Waals surface area contributed by atoms with Gasteiger partial charge in [-0.3, -0.25) is 0 Å². The van der Waals surface area contributed by atoms with Crippen LogP contribution < -0.4 is 0 Å². The average molecular weight is 445 g/mol. The molecule has 0 heterocycles. The summed E-state index contributed by atoms with van der Waals surface area (Å²) in [6, 6.07) is 0. The van der Waals surface area contributed by atoms with E-state index in [-0.39, 0.29) is 18.6 Å². The fourth-order valence-electron chi connectivity index (χ4n) is 8.70. The second-order valence-corrected chi connectivity index (χ2v) is 12.9. The molecule has 0 aromatic carbocycles. The van der Waals surface area contributed by atoms with Crippen LogP contribution in [0.25, 0.3) is 0 Å². The van der Waals surface area contributed by atoms with E-state index in [0.29, 0.717) is 16.7 Å². The third kappa shape index (κ3) is 3.85. The first-order valence-electron chi connectivity index (χ1n) is 13.3. The molecule has 4 rings (SSSR count). The fourth-order valence-corrected chi connectivity index (χ4v) is 8.70. The van der Waals surface area contributed by atoms with Crippen molar-refractivity contribution in [2.75, 3.05) is 6.61 Å². The van der Waals surface area contributed by atoms with Crippen LogP contribution in [0.4, 0.5) is 0 Å². The molecule has 0 bridgehead atoms. The highest BCUT2D eigenvalue weighted by atomic mass is 16.3. The molecule has 0 spiro atoms. The molecule has 182 valence electrons. The Bertz CT molecular complexity index is 779. The van der Waals surface area contributed by atoms with Gasteiger partial charge in [-0.2, -0.15) is 0 Å². The lowest BCUT2D eigenvalue weighted by Crippen LogP contribution is -2.49. The number of rotatable bonds is 5. The fraction of sp³-hybridized carbons (Fsp3) is 0.862. The molecule has 3 nitrogen and oxygen atoms in total. The molecular formula is C29H48O3. The first-order chi connectivity index (χ1) is 14.9. The van der Waals surface area contributed by atoms with Gasteiger partial charge >= 0.3 is 0 Å². The van der Waals surface area contributed by atoms with E-state index in [4.69, 9.17) is 0 Å². The molecule has 3 N–H and O–H groups in total. The van der Waals surface area contributed by atoms with Crippen molar-refractivity contribution in [2.24, 2.45) is 40.4 Å². The van der Waals surface area contributed by atoms with E-state index in [2.05, 4.69) is 40.7 Å². The number of aliphatic hydroxyl groups excluding tert-OH is 2. The van der Waals surface area contributed by atoms with E-state index in [0.717, 1.165) is 43.4 Å². The van der Waals surface area contributed by atoms with E-state index in [1.165, 1.54) is 32.1 Å². The van der Waals surface area contributed by atoms with Crippen molar-refractivity contribution in [3.05, 3.63) is 22.8 Å². The second kappa shape index (κ2) is 8.54.